The highest BCUT2D eigenvalue weighted by molar-refractivity contribution is 6.05. The van der Waals surface area contributed by atoms with Gasteiger partial charge in [-0.15, -0.1) is 0 Å². The number of phenolic OH excluding ortho intramolecular Hbond substituents is 1. The van der Waals surface area contributed by atoms with E-state index in [9.17, 15) is 14.7 Å². The minimum atomic E-state index is -0.258. The highest BCUT2D eigenvalue weighted by atomic mass is 16.3. The average Bonchev–Trinajstić information content (AvgIpc) is 3.50. The number of nitrogens with one attached hydrogen (secondary N) is 2. The van der Waals surface area contributed by atoms with Crippen molar-refractivity contribution in [2.24, 2.45) is 0 Å². The highest BCUT2D eigenvalue weighted by Crippen LogP contribution is 2.38. The molecule has 3 N–H and O–H groups in total. The van der Waals surface area contributed by atoms with Crippen LogP contribution in [0.1, 0.15) is 73.5 Å². The lowest BCUT2D eigenvalue weighted by Gasteiger charge is -2.15. The Bertz CT molecular complexity index is 1190. The molecule has 0 aliphatic heterocycles. The smallest absolute Gasteiger partial charge is 0.342 e. The summed E-state index contributed by atoms with van der Waals surface area (Å²) < 4.78 is 1.45. The molecule has 1 aliphatic rings. The van der Waals surface area contributed by atoms with Crippen molar-refractivity contribution in [3.8, 4) is 17.0 Å². The number of carbonyl (C=O) groups excluding carboxylic acids is 2. The maximum Gasteiger partial charge on any atom is 0.342 e. The van der Waals surface area contributed by atoms with Gasteiger partial charge in [-0.3, -0.25) is 4.79 Å². The van der Waals surface area contributed by atoms with Gasteiger partial charge >= 0.3 is 6.03 Å². The van der Waals surface area contributed by atoms with Crippen molar-refractivity contribution in [2.75, 3.05) is 5.32 Å². The van der Waals surface area contributed by atoms with Gasteiger partial charge in [-0.05, 0) is 69.0 Å². The summed E-state index contributed by atoms with van der Waals surface area (Å²) in [7, 11) is 0. The van der Waals surface area contributed by atoms with E-state index >= 15 is 0 Å². The Morgan fingerprint density at radius 3 is 2.59 bits per heavy atom. The zero-order valence-electron chi connectivity index (χ0n) is 20.0. The van der Waals surface area contributed by atoms with Crippen molar-refractivity contribution in [3.05, 3.63) is 65.4 Å². The molecule has 1 saturated carbocycles. The first-order valence-electron chi connectivity index (χ1n) is 12.0. The van der Waals surface area contributed by atoms with E-state index in [1.54, 1.807) is 18.2 Å². The van der Waals surface area contributed by atoms with E-state index in [1.807, 2.05) is 45.0 Å². The zero-order chi connectivity index (χ0) is 24.2. The number of amides is 2. The predicted molar refractivity (Wildman–Crippen MR) is 133 cm³/mol. The molecule has 1 unspecified atom stereocenters. The van der Waals surface area contributed by atoms with E-state index in [0.717, 1.165) is 43.4 Å². The van der Waals surface area contributed by atoms with Gasteiger partial charge in [-0.1, -0.05) is 38.0 Å². The second-order valence-electron chi connectivity index (χ2n) is 9.11. The Morgan fingerprint density at radius 2 is 1.88 bits per heavy atom. The predicted octanol–water partition coefficient (Wildman–Crippen LogP) is 5.83. The molecule has 1 fully saturated rings. The summed E-state index contributed by atoms with van der Waals surface area (Å²) >= 11 is 0. The van der Waals surface area contributed by atoms with Gasteiger partial charge in [0.1, 0.15) is 5.75 Å². The summed E-state index contributed by atoms with van der Waals surface area (Å²) in [6, 6.07) is 13.9. The lowest BCUT2D eigenvalue weighted by molar-refractivity contribution is 0.102. The number of nitrogens with zero attached hydrogens (tertiary/aromatic N) is 2. The second kappa shape index (κ2) is 10.1. The van der Waals surface area contributed by atoms with E-state index in [4.69, 9.17) is 0 Å². The summed E-state index contributed by atoms with van der Waals surface area (Å²) in [5, 5.41) is 21.1. The number of aromatic hydroxyl groups is 1. The number of benzene rings is 2. The van der Waals surface area contributed by atoms with Crippen molar-refractivity contribution in [3.63, 3.8) is 0 Å². The van der Waals surface area contributed by atoms with Crippen LogP contribution in [0.3, 0.4) is 0 Å². The molecule has 4 rings (SSSR count). The molecule has 7 heteroatoms. The summed E-state index contributed by atoms with van der Waals surface area (Å²) in [6.45, 7) is 5.87. The molecule has 178 valence electrons. The molecule has 0 radical (unpaired) electrons. The average molecular weight is 461 g/mol. The summed E-state index contributed by atoms with van der Waals surface area (Å²) in [5.74, 6) is 0.0775. The topological polar surface area (TPSA) is 96.3 Å². The number of hydrogen-bond acceptors (Lipinski definition) is 4. The van der Waals surface area contributed by atoms with Gasteiger partial charge in [-0.25, -0.2) is 4.79 Å². The quantitative estimate of drug-likeness (QED) is 0.403. The van der Waals surface area contributed by atoms with Crippen LogP contribution in [0.4, 0.5) is 10.5 Å². The minimum absolute atomic E-state index is 0.0324. The number of aromatic nitrogens is 2. The number of aryl methyl sites for hydroxylation is 1. The molecule has 0 saturated heterocycles. The summed E-state index contributed by atoms with van der Waals surface area (Å²) in [6.07, 6.45) is 5.11. The van der Waals surface area contributed by atoms with Crippen molar-refractivity contribution < 1.29 is 14.7 Å². The molecule has 1 atom stereocenters. The fourth-order valence-corrected chi connectivity index (χ4v) is 4.42. The third kappa shape index (κ3) is 4.98. The molecule has 3 aromatic rings. The Labute approximate surface area is 200 Å². The maximum absolute atomic E-state index is 13.0. The number of carbonyl (C=O) groups is 2. The largest absolute Gasteiger partial charge is 0.507 e. The van der Waals surface area contributed by atoms with Crippen molar-refractivity contribution >= 4 is 17.6 Å². The van der Waals surface area contributed by atoms with Crippen LogP contribution >= 0.6 is 0 Å². The normalized spacial score (nSPS) is 14.7. The van der Waals surface area contributed by atoms with Crippen molar-refractivity contribution in [2.45, 2.75) is 64.8 Å². The standard InChI is InChI=1S/C27H32N4O3/c1-4-18(3)28-27(34)31-24(19-10-6-7-11-19)16-23(30-31)22-15-20(13-14-25(22)32)29-26(33)21-12-8-5-9-17(21)2/h5,8-9,12-16,18-19,32H,4,6-7,10-11H2,1-3H3,(H,28,34)(H,29,33). The van der Waals surface area contributed by atoms with Gasteiger partial charge in [0, 0.05) is 28.8 Å². The molecule has 0 bridgehead atoms. The molecule has 7 nitrogen and oxygen atoms in total. The van der Waals surface area contributed by atoms with Crippen molar-refractivity contribution in [1.82, 2.24) is 15.1 Å². The SMILES string of the molecule is CCC(C)NC(=O)n1nc(-c2cc(NC(=O)c3ccccc3C)ccc2O)cc1C1CCCC1. The fourth-order valence-electron chi connectivity index (χ4n) is 4.42. The molecule has 0 spiro atoms. The van der Waals surface area contributed by atoms with Crippen LogP contribution in [0, 0.1) is 6.92 Å². The minimum Gasteiger partial charge on any atom is -0.507 e. The zero-order valence-corrected chi connectivity index (χ0v) is 20.0. The molecular formula is C27H32N4O3. The van der Waals surface area contributed by atoms with Gasteiger partial charge in [-0.2, -0.15) is 9.78 Å². The Balaban J connectivity index is 1.67. The van der Waals surface area contributed by atoms with Crippen LogP contribution in [0.15, 0.2) is 48.5 Å². The number of anilines is 1. The molecule has 1 heterocycles. The number of hydrogen-bond donors (Lipinski definition) is 3. The first-order valence-corrected chi connectivity index (χ1v) is 12.0. The molecular weight excluding hydrogens is 428 g/mol. The molecule has 1 aromatic heterocycles. The molecule has 2 amide bonds. The van der Waals surface area contributed by atoms with E-state index < -0.39 is 0 Å². The lowest BCUT2D eigenvalue weighted by Crippen LogP contribution is -2.37. The van der Waals surface area contributed by atoms with Gasteiger partial charge in [0.05, 0.1) is 11.4 Å². The van der Waals surface area contributed by atoms with Gasteiger partial charge < -0.3 is 15.7 Å². The maximum atomic E-state index is 13.0. The summed E-state index contributed by atoms with van der Waals surface area (Å²) in [5.41, 5.74) is 3.85. The van der Waals surface area contributed by atoms with Crippen LogP contribution in [0.25, 0.3) is 11.3 Å². The first kappa shape index (κ1) is 23.5. The molecule has 34 heavy (non-hydrogen) atoms. The second-order valence-corrected chi connectivity index (χ2v) is 9.11. The van der Waals surface area contributed by atoms with E-state index in [2.05, 4.69) is 15.7 Å². The van der Waals surface area contributed by atoms with E-state index in [-0.39, 0.29) is 29.6 Å². The summed E-state index contributed by atoms with van der Waals surface area (Å²) in [4.78, 5) is 25.8. The van der Waals surface area contributed by atoms with Gasteiger partial charge in [0.25, 0.3) is 5.91 Å². The van der Waals surface area contributed by atoms with Gasteiger partial charge in [0.15, 0.2) is 0 Å². The van der Waals surface area contributed by atoms with Crippen LogP contribution in [0.5, 0.6) is 5.75 Å². The van der Waals surface area contributed by atoms with Crippen LogP contribution in [0.2, 0.25) is 0 Å². The number of phenols is 1. The lowest BCUT2D eigenvalue weighted by atomic mass is 10.0. The highest BCUT2D eigenvalue weighted by Gasteiger charge is 2.26. The Hall–Kier alpha value is -3.61. The molecule has 1 aliphatic carbocycles. The Morgan fingerprint density at radius 1 is 1.15 bits per heavy atom. The monoisotopic (exact) mass is 460 g/mol. The Kier molecular flexibility index (Phi) is 7.01. The third-order valence-corrected chi connectivity index (χ3v) is 6.61. The third-order valence-electron chi connectivity index (χ3n) is 6.61. The van der Waals surface area contributed by atoms with Gasteiger partial charge in [0.2, 0.25) is 0 Å². The van der Waals surface area contributed by atoms with Crippen LogP contribution < -0.4 is 10.6 Å². The first-order chi connectivity index (χ1) is 16.4. The van der Waals surface area contributed by atoms with Crippen LogP contribution in [-0.2, 0) is 0 Å². The molecule has 2 aromatic carbocycles. The van der Waals surface area contributed by atoms with E-state index in [0.29, 0.717) is 22.5 Å². The van der Waals surface area contributed by atoms with Crippen molar-refractivity contribution in [1.29, 1.82) is 0 Å². The van der Waals surface area contributed by atoms with E-state index in [1.165, 1.54) is 10.7 Å². The number of rotatable bonds is 6. The fraction of sp³-hybridized carbons (Fsp3) is 0.370. The van der Waals surface area contributed by atoms with Crippen LogP contribution in [-0.4, -0.2) is 32.9 Å².